The van der Waals surface area contributed by atoms with Crippen LogP contribution in [-0.4, -0.2) is 41.7 Å². The minimum Gasteiger partial charge on any atom is -0.481 e. The Morgan fingerprint density at radius 2 is 2.00 bits per heavy atom. The van der Waals surface area contributed by atoms with Crippen LogP contribution >= 0.6 is 0 Å². The normalized spacial score (nSPS) is 29.8. The number of carbonyl (C=O) groups is 1. The van der Waals surface area contributed by atoms with E-state index in [1.165, 1.54) is 0 Å². The first kappa shape index (κ1) is 13.4. The van der Waals surface area contributed by atoms with Crippen LogP contribution in [0.25, 0.3) is 0 Å². The molecule has 1 saturated carbocycles. The van der Waals surface area contributed by atoms with Gasteiger partial charge < -0.3 is 10.2 Å². The number of hydrogen-bond acceptors (Lipinski definition) is 4. The first-order valence-corrected chi connectivity index (χ1v) is 7.26. The van der Waals surface area contributed by atoms with Gasteiger partial charge in [-0.25, -0.2) is 8.42 Å². The zero-order chi connectivity index (χ0) is 12.4. The smallest absolute Gasteiger partial charge is 0.306 e. The predicted molar refractivity (Wildman–Crippen MR) is 58.9 cm³/mol. The molecule has 0 aromatic rings. The lowest BCUT2D eigenvalue weighted by molar-refractivity contribution is -0.159. The molecule has 0 amide bonds. The highest BCUT2D eigenvalue weighted by atomic mass is 32.2. The van der Waals surface area contributed by atoms with Crippen molar-refractivity contribution < 1.29 is 23.4 Å². The molecule has 0 aromatic carbocycles. The molecule has 0 aliphatic heterocycles. The fraction of sp³-hybridized carbons (Fsp3) is 0.900. The Balaban J connectivity index is 2.28. The summed E-state index contributed by atoms with van der Waals surface area (Å²) in [6.45, 7) is 1.59. The summed E-state index contributed by atoms with van der Waals surface area (Å²) in [7, 11) is -2.98. The van der Waals surface area contributed by atoms with E-state index in [1.54, 1.807) is 6.92 Å². The third-order valence-corrected chi connectivity index (χ3v) is 4.93. The highest BCUT2D eigenvalue weighted by molar-refractivity contribution is 7.91. The van der Waals surface area contributed by atoms with E-state index in [2.05, 4.69) is 0 Å². The molecule has 1 fully saturated rings. The summed E-state index contributed by atoms with van der Waals surface area (Å²) in [5, 5.41) is 18.5. The topological polar surface area (TPSA) is 91.7 Å². The largest absolute Gasteiger partial charge is 0.481 e. The van der Waals surface area contributed by atoms with Crippen LogP contribution in [0.2, 0.25) is 0 Å². The van der Waals surface area contributed by atoms with Crippen LogP contribution in [-0.2, 0) is 14.6 Å². The highest BCUT2D eigenvalue weighted by Gasteiger charge is 2.45. The number of aliphatic carboxylic acids is 1. The molecule has 0 radical (unpaired) electrons. The Morgan fingerprint density at radius 1 is 1.44 bits per heavy atom. The molecule has 0 unspecified atom stereocenters. The van der Waals surface area contributed by atoms with Gasteiger partial charge in [0.1, 0.15) is 9.84 Å². The van der Waals surface area contributed by atoms with Crippen molar-refractivity contribution in [1.29, 1.82) is 0 Å². The Labute approximate surface area is 95.4 Å². The minimum absolute atomic E-state index is 0.0730. The molecule has 5 nitrogen and oxygen atoms in total. The summed E-state index contributed by atoms with van der Waals surface area (Å²) in [4.78, 5) is 10.5. The van der Waals surface area contributed by atoms with E-state index in [1.807, 2.05) is 0 Å². The molecule has 1 aliphatic carbocycles. The molecule has 0 aromatic heterocycles. The van der Waals surface area contributed by atoms with Crippen molar-refractivity contribution in [3.05, 3.63) is 0 Å². The van der Waals surface area contributed by atoms with Crippen molar-refractivity contribution in [2.45, 2.75) is 38.2 Å². The maximum Gasteiger partial charge on any atom is 0.306 e. The third kappa shape index (κ3) is 3.45. The molecule has 1 rings (SSSR count). The molecule has 16 heavy (non-hydrogen) atoms. The summed E-state index contributed by atoms with van der Waals surface area (Å²) in [5.41, 5.74) is -0.952. The summed E-state index contributed by atoms with van der Waals surface area (Å²) in [5.74, 6) is -1.16. The SMILES string of the molecule is CCS(=O)(=O)CCCC1(O)CC(C(=O)O)C1. The Morgan fingerprint density at radius 3 is 2.44 bits per heavy atom. The number of rotatable bonds is 6. The van der Waals surface area contributed by atoms with Crippen LogP contribution < -0.4 is 0 Å². The molecule has 0 bridgehead atoms. The number of carboxylic acid groups (broad SMARTS) is 1. The number of sulfone groups is 1. The standard InChI is InChI=1S/C10H18O5S/c1-2-16(14,15)5-3-4-10(13)6-8(7-10)9(11)12/h8,13H,2-7H2,1H3,(H,11,12). The first-order chi connectivity index (χ1) is 7.28. The van der Waals surface area contributed by atoms with E-state index < -0.39 is 27.3 Å². The van der Waals surface area contributed by atoms with Gasteiger partial charge >= 0.3 is 5.97 Å². The predicted octanol–water partition coefficient (Wildman–Crippen LogP) is 0.427. The lowest BCUT2D eigenvalue weighted by Gasteiger charge is -2.41. The third-order valence-electron chi connectivity index (χ3n) is 3.14. The van der Waals surface area contributed by atoms with Crippen LogP contribution in [0.15, 0.2) is 0 Å². The quantitative estimate of drug-likeness (QED) is 0.713. The van der Waals surface area contributed by atoms with Gasteiger partial charge in [0.15, 0.2) is 0 Å². The fourth-order valence-corrected chi connectivity index (χ4v) is 2.87. The molecule has 6 heteroatoms. The van der Waals surface area contributed by atoms with Gasteiger partial charge in [-0.05, 0) is 25.7 Å². The molecule has 0 heterocycles. The van der Waals surface area contributed by atoms with Crippen LogP contribution in [0.1, 0.15) is 32.6 Å². The molecule has 1 aliphatic rings. The summed E-state index contributed by atoms with van der Waals surface area (Å²) in [6, 6.07) is 0. The molecule has 0 spiro atoms. The van der Waals surface area contributed by atoms with Gasteiger partial charge in [-0.1, -0.05) is 6.92 Å². The zero-order valence-electron chi connectivity index (χ0n) is 9.35. The maximum absolute atomic E-state index is 11.2. The average Bonchev–Trinajstić information content (AvgIpc) is 2.13. The van der Waals surface area contributed by atoms with Crippen molar-refractivity contribution in [1.82, 2.24) is 0 Å². The van der Waals surface area contributed by atoms with E-state index in [-0.39, 0.29) is 24.3 Å². The molecule has 0 saturated heterocycles. The van der Waals surface area contributed by atoms with E-state index in [0.717, 1.165) is 0 Å². The van der Waals surface area contributed by atoms with Crippen molar-refractivity contribution in [2.24, 2.45) is 5.92 Å². The molecule has 94 valence electrons. The Bertz CT molecular complexity index is 353. The second-order valence-corrected chi connectivity index (χ2v) is 6.98. The fourth-order valence-electron chi connectivity index (χ4n) is 2.00. The monoisotopic (exact) mass is 250 g/mol. The van der Waals surface area contributed by atoms with Crippen molar-refractivity contribution in [3.63, 3.8) is 0 Å². The van der Waals surface area contributed by atoms with Crippen LogP contribution in [0.4, 0.5) is 0 Å². The van der Waals surface area contributed by atoms with E-state index in [0.29, 0.717) is 12.8 Å². The molecular weight excluding hydrogens is 232 g/mol. The average molecular weight is 250 g/mol. The zero-order valence-corrected chi connectivity index (χ0v) is 10.2. The number of hydrogen-bond donors (Lipinski definition) is 2. The summed E-state index contributed by atoms with van der Waals surface area (Å²) >= 11 is 0. The van der Waals surface area contributed by atoms with E-state index >= 15 is 0 Å². The van der Waals surface area contributed by atoms with Gasteiger partial charge in [0.05, 0.1) is 17.3 Å². The Hall–Kier alpha value is -0.620. The highest BCUT2D eigenvalue weighted by Crippen LogP contribution is 2.41. The summed E-state index contributed by atoms with van der Waals surface area (Å²) in [6.07, 6.45) is 1.26. The Kier molecular flexibility index (Phi) is 3.96. The molecular formula is C10H18O5S. The van der Waals surface area contributed by atoms with Gasteiger partial charge in [0.2, 0.25) is 0 Å². The summed E-state index contributed by atoms with van der Waals surface area (Å²) < 4.78 is 22.4. The van der Waals surface area contributed by atoms with Crippen molar-refractivity contribution >= 4 is 15.8 Å². The first-order valence-electron chi connectivity index (χ1n) is 5.43. The van der Waals surface area contributed by atoms with E-state index in [9.17, 15) is 18.3 Å². The lowest BCUT2D eigenvalue weighted by Crippen LogP contribution is -2.47. The minimum atomic E-state index is -2.98. The van der Waals surface area contributed by atoms with Gasteiger partial charge in [0.25, 0.3) is 0 Å². The molecule has 0 atom stereocenters. The van der Waals surface area contributed by atoms with Crippen LogP contribution in [0, 0.1) is 5.92 Å². The maximum atomic E-state index is 11.2. The van der Waals surface area contributed by atoms with Crippen molar-refractivity contribution in [3.8, 4) is 0 Å². The van der Waals surface area contributed by atoms with E-state index in [4.69, 9.17) is 5.11 Å². The van der Waals surface area contributed by atoms with Gasteiger partial charge in [0, 0.05) is 5.75 Å². The van der Waals surface area contributed by atoms with Crippen molar-refractivity contribution in [2.75, 3.05) is 11.5 Å². The second kappa shape index (κ2) is 4.71. The molecule has 2 N–H and O–H groups in total. The van der Waals surface area contributed by atoms with Crippen LogP contribution in [0.3, 0.4) is 0 Å². The van der Waals surface area contributed by atoms with Gasteiger partial charge in [-0.3, -0.25) is 4.79 Å². The van der Waals surface area contributed by atoms with Gasteiger partial charge in [-0.2, -0.15) is 0 Å². The second-order valence-electron chi connectivity index (χ2n) is 4.51. The van der Waals surface area contributed by atoms with Gasteiger partial charge in [-0.15, -0.1) is 0 Å². The lowest BCUT2D eigenvalue weighted by atomic mass is 9.69. The number of aliphatic hydroxyl groups is 1. The van der Waals surface area contributed by atoms with Crippen LogP contribution in [0.5, 0.6) is 0 Å². The number of carboxylic acids is 1.